The van der Waals surface area contributed by atoms with Crippen LogP contribution in [0.4, 0.5) is 13.2 Å². The molecule has 0 aliphatic rings. The minimum absolute atomic E-state index is 0.559. The Kier molecular flexibility index (Phi) is 5.41. The van der Waals surface area contributed by atoms with Crippen LogP contribution in [0.1, 0.15) is 38.0 Å². The predicted molar refractivity (Wildman–Crippen MR) is 58.5 cm³/mol. The van der Waals surface area contributed by atoms with Gasteiger partial charge in [-0.2, -0.15) is 13.2 Å². The lowest BCUT2D eigenvalue weighted by Gasteiger charge is -2.18. The van der Waals surface area contributed by atoms with E-state index in [0.29, 0.717) is 12.1 Å². The van der Waals surface area contributed by atoms with E-state index in [1.807, 2.05) is 6.92 Å². The van der Waals surface area contributed by atoms with E-state index in [4.69, 9.17) is 4.74 Å². The monoisotopic (exact) mass is 247 g/mol. The first-order chi connectivity index (χ1) is 8.03. The number of rotatable bonds is 6. The first kappa shape index (κ1) is 14.0. The van der Waals surface area contributed by atoms with Gasteiger partial charge in [-0.15, -0.1) is 0 Å². The van der Waals surface area contributed by atoms with E-state index < -0.39 is 18.9 Å². The molecule has 0 saturated carbocycles. The number of unbranched alkanes of at least 4 members (excludes halogenated alkanes) is 1. The molecule has 0 amide bonds. The smallest absolute Gasteiger partial charge is 0.363 e. The van der Waals surface area contributed by atoms with Gasteiger partial charge in [0.15, 0.2) is 0 Å². The summed E-state index contributed by atoms with van der Waals surface area (Å²) in [5, 5.41) is 0. The summed E-state index contributed by atoms with van der Waals surface area (Å²) < 4.78 is 41.2. The van der Waals surface area contributed by atoms with Crippen molar-refractivity contribution < 1.29 is 17.9 Å². The average molecular weight is 247 g/mol. The molecule has 17 heavy (non-hydrogen) atoms. The zero-order chi connectivity index (χ0) is 12.7. The second kappa shape index (κ2) is 6.59. The van der Waals surface area contributed by atoms with Crippen LogP contribution in [0.15, 0.2) is 24.4 Å². The summed E-state index contributed by atoms with van der Waals surface area (Å²) in [7, 11) is 0. The molecule has 1 aromatic rings. The molecule has 5 heteroatoms. The molecule has 1 aromatic heterocycles. The number of ether oxygens (including phenoxy) is 1. The van der Waals surface area contributed by atoms with Gasteiger partial charge in [0.1, 0.15) is 6.61 Å². The van der Waals surface area contributed by atoms with Crippen molar-refractivity contribution in [2.75, 3.05) is 6.61 Å². The zero-order valence-electron chi connectivity index (χ0n) is 9.70. The van der Waals surface area contributed by atoms with E-state index in [-0.39, 0.29) is 0 Å². The summed E-state index contributed by atoms with van der Waals surface area (Å²) >= 11 is 0. The van der Waals surface area contributed by atoms with Crippen LogP contribution in [0.2, 0.25) is 0 Å². The minimum Gasteiger partial charge on any atom is -0.363 e. The largest absolute Gasteiger partial charge is 0.411 e. The van der Waals surface area contributed by atoms with Crippen LogP contribution in [0.5, 0.6) is 0 Å². The molecule has 1 unspecified atom stereocenters. The molecule has 0 aliphatic carbocycles. The molecule has 0 N–H and O–H groups in total. The van der Waals surface area contributed by atoms with Crippen molar-refractivity contribution in [2.45, 2.75) is 38.5 Å². The standard InChI is InChI=1S/C12H16F3NO/c1-2-3-7-11(17-9-12(13,14)15)10-6-4-5-8-16-10/h4-6,8,11H,2-3,7,9H2,1H3. The second-order valence-corrected chi connectivity index (χ2v) is 3.81. The first-order valence-electron chi connectivity index (χ1n) is 5.62. The van der Waals surface area contributed by atoms with Crippen molar-refractivity contribution in [1.29, 1.82) is 0 Å². The van der Waals surface area contributed by atoms with E-state index in [2.05, 4.69) is 4.98 Å². The van der Waals surface area contributed by atoms with Gasteiger partial charge in [0.2, 0.25) is 0 Å². The van der Waals surface area contributed by atoms with Gasteiger partial charge in [0.05, 0.1) is 11.8 Å². The molecule has 0 aromatic carbocycles. The highest BCUT2D eigenvalue weighted by atomic mass is 19.4. The minimum atomic E-state index is -4.29. The van der Waals surface area contributed by atoms with E-state index in [1.54, 1.807) is 24.4 Å². The number of alkyl halides is 3. The van der Waals surface area contributed by atoms with Crippen LogP contribution in [0, 0.1) is 0 Å². The molecule has 0 spiro atoms. The fourth-order valence-electron chi connectivity index (χ4n) is 1.47. The molecule has 0 fully saturated rings. The van der Waals surface area contributed by atoms with E-state index in [9.17, 15) is 13.2 Å². The number of hydrogen-bond acceptors (Lipinski definition) is 2. The van der Waals surface area contributed by atoms with Crippen LogP contribution < -0.4 is 0 Å². The third kappa shape index (κ3) is 5.68. The van der Waals surface area contributed by atoms with E-state index in [0.717, 1.165) is 12.8 Å². The fraction of sp³-hybridized carbons (Fsp3) is 0.583. The van der Waals surface area contributed by atoms with Crippen molar-refractivity contribution in [3.63, 3.8) is 0 Å². The molecule has 1 rings (SSSR count). The summed E-state index contributed by atoms with van der Waals surface area (Å²) in [6.45, 7) is 0.761. The van der Waals surface area contributed by atoms with Gasteiger partial charge >= 0.3 is 6.18 Å². The maximum Gasteiger partial charge on any atom is 0.411 e. The molecular weight excluding hydrogens is 231 g/mol. The normalized spacial score (nSPS) is 13.6. The van der Waals surface area contributed by atoms with Crippen LogP contribution in [0.3, 0.4) is 0 Å². The van der Waals surface area contributed by atoms with E-state index in [1.165, 1.54) is 0 Å². The summed E-state index contributed by atoms with van der Waals surface area (Å²) in [6, 6.07) is 5.17. The summed E-state index contributed by atoms with van der Waals surface area (Å²) in [6.07, 6.45) is -1.01. The number of pyridine rings is 1. The molecular formula is C12H16F3NO. The van der Waals surface area contributed by atoms with Gasteiger partial charge in [-0.25, -0.2) is 0 Å². The summed E-state index contributed by atoms with van der Waals surface area (Å²) in [5.41, 5.74) is 0.560. The van der Waals surface area contributed by atoms with Crippen molar-refractivity contribution in [3.05, 3.63) is 30.1 Å². The Bertz CT molecular complexity index is 313. The Labute approximate surface area is 98.8 Å². The Balaban J connectivity index is 2.61. The maximum absolute atomic E-state index is 12.1. The second-order valence-electron chi connectivity index (χ2n) is 3.81. The lowest BCUT2D eigenvalue weighted by molar-refractivity contribution is -0.187. The highest BCUT2D eigenvalue weighted by Gasteiger charge is 2.29. The lowest BCUT2D eigenvalue weighted by atomic mass is 10.1. The lowest BCUT2D eigenvalue weighted by Crippen LogP contribution is -2.20. The zero-order valence-corrected chi connectivity index (χ0v) is 9.70. The highest BCUT2D eigenvalue weighted by Crippen LogP contribution is 2.25. The van der Waals surface area contributed by atoms with Gasteiger partial charge in [-0.05, 0) is 18.6 Å². The van der Waals surface area contributed by atoms with Crippen LogP contribution >= 0.6 is 0 Å². The molecule has 0 radical (unpaired) electrons. The Hall–Kier alpha value is -1.10. The molecule has 0 saturated heterocycles. The van der Waals surface area contributed by atoms with Gasteiger partial charge < -0.3 is 4.74 Å². The number of hydrogen-bond donors (Lipinski definition) is 0. The topological polar surface area (TPSA) is 22.1 Å². The third-order valence-corrected chi connectivity index (χ3v) is 2.29. The van der Waals surface area contributed by atoms with Gasteiger partial charge in [-0.3, -0.25) is 4.98 Å². The molecule has 96 valence electrons. The van der Waals surface area contributed by atoms with Gasteiger partial charge in [0, 0.05) is 6.20 Å². The number of halogens is 3. The fourth-order valence-corrected chi connectivity index (χ4v) is 1.47. The van der Waals surface area contributed by atoms with Gasteiger partial charge in [0.25, 0.3) is 0 Å². The van der Waals surface area contributed by atoms with Crippen LogP contribution in [0.25, 0.3) is 0 Å². The number of aromatic nitrogens is 1. The van der Waals surface area contributed by atoms with Crippen molar-refractivity contribution in [1.82, 2.24) is 4.98 Å². The third-order valence-electron chi connectivity index (χ3n) is 2.29. The summed E-state index contributed by atoms with van der Waals surface area (Å²) in [5.74, 6) is 0. The number of nitrogens with zero attached hydrogens (tertiary/aromatic N) is 1. The van der Waals surface area contributed by atoms with Crippen LogP contribution in [-0.2, 0) is 4.74 Å². The molecule has 2 nitrogen and oxygen atoms in total. The predicted octanol–water partition coefficient (Wildman–Crippen LogP) is 3.89. The average Bonchev–Trinajstić information content (AvgIpc) is 2.29. The summed E-state index contributed by atoms with van der Waals surface area (Å²) in [4.78, 5) is 4.04. The van der Waals surface area contributed by atoms with Crippen molar-refractivity contribution in [2.24, 2.45) is 0 Å². The first-order valence-corrected chi connectivity index (χ1v) is 5.62. The highest BCUT2D eigenvalue weighted by molar-refractivity contribution is 5.06. The molecule has 1 atom stereocenters. The SMILES string of the molecule is CCCCC(OCC(F)(F)F)c1ccccn1. The maximum atomic E-state index is 12.1. The molecule has 1 heterocycles. The quantitative estimate of drug-likeness (QED) is 0.760. The Morgan fingerprint density at radius 3 is 2.65 bits per heavy atom. The van der Waals surface area contributed by atoms with Crippen molar-refractivity contribution >= 4 is 0 Å². The molecule has 0 bridgehead atoms. The molecule has 0 aliphatic heterocycles. The Morgan fingerprint density at radius 2 is 2.12 bits per heavy atom. The van der Waals surface area contributed by atoms with E-state index >= 15 is 0 Å². The van der Waals surface area contributed by atoms with Gasteiger partial charge in [-0.1, -0.05) is 25.8 Å². The van der Waals surface area contributed by atoms with Crippen molar-refractivity contribution in [3.8, 4) is 0 Å². The Morgan fingerprint density at radius 1 is 1.35 bits per heavy atom. The van der Waals surface area contributed by atoms with Crippen LogP contribution in [-0.4, -0.2) is 17.8 Å².